The third-order valence-electron chi connectivity index (χ3n) is 5.60. The summed E-state index contributed by atoms with van der Waals surface area (Å²) in [4.78, 5) is 8.60. The predicted molar refractivity (Wildman–Crippen MR) is 130 cm³/mol. The van der Waals surface area contributed by atoms with Crippen molar-refractivity contribution in [3.63, 3.8) is 0 Å². The van der Waals surface area contributed by atoms with Crippen LogP contribution in [0.2, 0.25) is 0 Å². The Hall–Kier alpha value is -4.70. The van der Waals surface area contributed by atoms with E-state index in [1.54, 1.807) is 38.6 Å². The van der Waals surface area contributed by atoms with Crippen LogP contribution in [0.5, 0.6) is 11.5 Å². The van der Waals surface area contributed by atoms with E-state index >= 15 is 0 Å². The summed E-state index contributed by atoms with van der Waals surface area (Å²) in [6, 6.07) is 21.9. The molecule has 3 aromatic carbocycles. The highest BCUT2D eigenvalue weighted by molar-refractivity contribution is 5.98. The van der Waals surface area contributed by atoms with Crippen molar-refractivity contribution in [1.82, 2.24) is 9.97 Å². The second-order valence-electron chi connectivity index (χ2n) is 7.59. The van der Waals surface area contributed by atoms with Crippen LogP contribution in [0.25, 0.3) is 32.9 Å². The van der Waals surface area contributed by atoms with Gasteiger partial charge in [0.15, 0.2) is 11.5 Å². The SMILES string of the molecule is COc1cc2nccc(-c3cccc(Nc4cc(C#N)nc5c(F)cccc45)c3)c2cc1OC. The average Bonchev–Trinajstić information content (AvgIpc) is 2.88. The first-order valence-electron chi connectivity index (χ1n) is 10.5. The number of ether oxygens (including phenoxy) is 2. The second-order valence-corrected chi connectivity index (χ2v) is 7.59. The first-order chi connectivity index (χ1) is 16.6. The highest BCUT2D eigenvalue weighted by Gasteiger charge is 2.13. The van der Waals surface area contributed by atoms with Gasteiger partial charge in [-0.25, -0.2) is 9.37 Å². The van der Waals surface area contributed by atoms with Crippen LogP contribution in [0.15, 0.2) is 72.9 Å². The number of fused-ring (bicyclic) bond motifs is 2. The Morgan fingerprint density at radius 2 is 1.71 bits per heavy atom. The summed E-state index contributed by atoms with van der Waals surface area (Å²) in [5.41, 5.74) is 4.38. The molecule has 7 heteroatoms. The molecule has 0 amide bonds. The molecule has 166 valence electrons. The van der Waals surface area contributed by atoms with Crippen molar-refractivity contribution < 1.29 is 13.9 Å². The zero-order valence-corrected chi connectivity index (χ0v) is 18.5. The number of rotatable bonds is 5. The lowest BCUT2D eigenvalue weighted by Gasteiger charge is -2.14. The van der Waals surface area contributed by atoms with Crippen LogP contribution in [0.4, 0.5) is 15.8 Å². The van der Waals surface area contributed by atoms with Gasteiger partial charge in [-0.3, -0.25) is 4.98 Å². The lowest BCUT2D eigenvalue weighted by molar-refractivity contribution is 0.356. The summed E-state index contributed by atoms with van der Waals surface area (Å²) in [5.74, 6) is 0.757. The van der Waals surface area contributed by atoms with Gasteiger partial charge in [0, 0.05) is 28.7 Å². The zero-order valence-electron chi connectivity index (χ0n) is 18.5. The Morgan fingerprint density at radius 3 is 2.50 bits per heavy atom. The van der Waals surface area contributed by atoms with Crippen LogP contribution in [-0.4, -0.2) is 24.2 Å². The van der Waals surface area contributed by atoms with Crippen LogP contribution in [0, 0.1) is 17.1 Å². The minimum absolute atomic E-state index is 0.137. The van der Waals surface area contributed by atoms with Gasteiger partial charge in [-0.15, -0.1) is 0 Å². The number of halogens is 1. The number of aromatic nitrogens is 2. The van der Waals surface area contributed by atoms with Crippen LogP contribution >= 0.6 is 0 Å². The maximum Gasteiger partial charge on any atom is 0.162 e. The van der Waals surface area contributed by atoms with Crippen molar-refractivity contribution in [2.24, 2.45) is 0 Å². The molecule has 0 radical (unpaired) electrons. The lowest BCUT2D eigenvalue weighted by atomic mass is 10.0. The Balaban J connectivity index is 1.61. The molecule has 0 saturated carbocycles. The maximum absolute atomic E-state index is 14.3. The Kier molecular flexibility index (Phi) is 5.40. The smallest absolute Gasteiger partial charge is 0.162 e. The molecule has 34 heavy (non-hydrogen) atoms. The molecule has 2 heterocycles. The van der Waals surface area contributed by atoms with Gasteiger partial charge in [0.05, 0.1) is 25.4 Å². The standard InChI is InChI=1S/C27H19FN4O2/c1-33-25-13-21-19(9-10-30-23(21)14-26(25)34-2)16-5-3-6-17(11-16)31-24-12-18(15-29)32-27-20(24)7-4-8-22(27)28/h3-14H,1-2H3,(H,31,32). The minimum Gasteiger partial charge on any atom is -0.493 e. The molecule has 0 fully saturated rings. The molecule has 2 aromatic heterocycles. The van der Waals surface area contributed by atoms with Crippen LogP contribution in [0.1, 0.15) is 5.69 Å². The van der Waals surface area contributed by atoms with Gasteiger partial charge >= 0.3 is 0 Å². The quantitative estimate of drug-likeness (QED) is 0.342. The number of hydrogen-bond acceptors (Lipinski definition) is 6. The summed E-state index contributed by atoms with van der Waals surface area (Å²) in [6.45, 7) is 0. The molecule has 6 nitrogen and oxygen atoms in total. The molecule has 0 aliphatic rings. The van der Waals surface area contributed by atoms with E-state index in [0.29, 0.717) is 22.6 Å². The third kappa shape index (κ3) is 3.71. The summed E-state index contributed by atoms with van der Waals surface area (Å²) in [6.07, 6.45) is 1.75. The molecule has 0 bridgehead atoms. The number of nitrogens with zero attached hydrogens (tertiary/aromatic N) is 3. The Bertz CT molecular complexity index is 1590. The third-order valence-corrected chi connectivity index (χ3v) is 5.60. The highest BCUT2D eigenvalue weighted by Crippen LogP contribution is 2.37. The minimum atomic E-state index is -0.473. The average molecular weight is 450 g/mol. The molecule has 0 aliphatic carbocycles. The highest BCUT2D eigenvalue weighted by atomic mass is 19.1. The number of nitriles is 1. The first kappa shape index (κ1) is 21.2. The van der Waals surface area contributed by atoms with E-state index < -0.39 is 5.82 Å². The zero-order chi connectivity index (χ0) is 23.7. The summed E-state index contributed by atoms with van der Waals surface area (Å²) >= 11 is 0. The van der Waals surface area contributed by atoms with Crippen molar-refractivity contribution in [1.29, 1.82) is 5.26 Å². The number of benzene rings is 3. The van der Waals surface area contributed by atoms with Crippen molar-refractivity contribution in [2.45, 2.75) is 0 Å². The number of methoxy groups -OCH3 is 2. The molecule has 0 aliphatic heterocycles. The van der Waals surface area contributed by atoms with Crippen LogP contribution < -0.4 is 14.8 Å². The van der Waals surface area contributed by atoms with Crippen molar-refractivity contribution >= 4 is 33.2 Å². The van der Waals surface area contributed by atoms with Crippen molar-refractivity contribution in [3.8, 4) is 28.7 Å². The molecule has 5 aromatic rings. The van der Waals surface area contributed by atoms with Crippen molar-refractivity contribution in [3.05, 3.63) is 84.4 Å². The molecular weight excluding hydrogens is 431 g/mol. The fourth-order valence-electron chi connectivity index (χ4n) is 4.02. The molecule has 1 N–H and O–H groups in total. The van der Waals surface area contributed by atoms with E-state index in [4.69, 9.17) is 9.47 Å². The largest absolute Gasteiger partial charge is 0.493 e. The lowest BCUT2D eigenvalue weighted by Crippen LogP contribution is -1.97. The molecule has 5 rings (SSSR count). The first-order valence-corrected chi connectivity index (χ1v) is 10.5. The van der Waals surface area contributed by atoms with Crippen LogP contribution in [-0.2, 0) is 0 Å². The fraction of sp³-hybridized carbons (Fsp3) is 0.0741. The van der Waals surface area contributed by atoms with E-state index in [2.05, 4.69) is 15.3 Å². The van der Waals surface area contributed by atoms with E-state index in [-0.39, 0.29) is 11.2 Å². The van der Waals surface area contributed by atoms with Gasteiger partial charge < -0.3 is 14.8 Å². The molecule has 0 atom stereocenters. The number of pyridine rings is 2. The monoisotopic (exact) mass is 450 g/mol. The van der Waals surface area contributed by atoms with Gasteiger partial charge in [0.25, 0.3) is 0 Å². The van der Waals surface area contributed by atoms with Gasteiger partial charge in [0.2, 0.25) is 0 Å². The van der Waals surface area contributed by atoms with Crippen molar-refractivity contribution in [2.75, 3.05) is 19.5 Å². The number of para-hydroxylation sites is 1. The Morgan fingerprint density at radius 1 is 0.912 bits per heavy atom. The summed E-state index contributed by atoms with van der Waals surface area (Å²) in [7, 11) is 3.19. The van der Waals surface area contributed by atoms with Gasteiger partial charge in [0.1, 0.15) is 23.1 Å². The second kappa shape index (κ2) is 8.68. The summed E-state index contributed by atoms with van der Waals surface area (Å²) in [5, 5.41) is 14.2. The van der Waals surface area contributed by atoms with E-state index in [1.165, 1.54) is 6.07 Å². The van der Waals surface area contributed by atoms with E-state index in [9.17, 15) is 9.65 Å². The molecule has 0 spiro atoms. The van der Waals surface area contributed by atoms with Gasteiger partial charge in [-0.1, -0.05) is 24.3 Å². The number of hydrogen-bond donors (Lipinski definition) is 1. The molecule has 0 unspecified atom stereocenters. The van der Waals surface area contributed by atoms with E-state index in [1.807, 2.05) is 48.5 Å². The predicted octanol–water partition coefficient (Wildman–Crippen LogP) is 6.22. The number of anilines is 2. The van der Waals surface area contributed by atoms with Gasteiger partial charge in [-0.2, -0.15) is 5.26 Å². The normalized spacial score (nSPS) is 10.8. The van der Waals surface area contributed by atoms with Gasteiger partial charge in [-0.05, 0) is 47.5 Å². The number of nitrogens with one attached hydrogen (secondary N) is 1. The molecule has 0 saturated heterocycles. The molecular formula is C27H19FN4O2. The van der Waals surface area contributed by atoms with Crippen LogP contribution in [0.3, 0.4) is 0 Å². The fourth-order valence-corrected chi connectivity index (χ4v) is 4.02. The maximum atomic E-state index is 14.3. The van der Waals surface area contributed by atoms with E-state index in [0.717, 1.165) is 27.7 Å². The summed E-state index contributed by atoms with van der Waals surface area (Å²) < 4.78 is 25.2. The Labute approximate surface area is 195 Å². The topological polar surface area (TPSA) is 80.1 Å².